The summed E-state index contributed by atoms with van der Waals surface area (Å²) in [7, 11) is 0. The molecule has 2 aromatic carbocycles. The van der Waals surface area contributed by atoms with E-state index >= 15 is 0 Å². The zero-order valence-electron chi connectivity index (χ0n) is 14.7. The molecule has 0 saturated carbocycles. The minimum absolute atomic E-state index is 0.117. The lowest BCUT2D eigenvalue weighted by Gasteiger charge is -2.07. The predicted octanol–water partition coefficient (Wildman–Crippen LogP) is 2.84. The lowest BCUT2D eigenvalue weighted by Crippen LogP contribution is -2.29. The van der Waals surface area contributed by atoms with Crippen LogP contribution in [0.1, 0.15) is 6.42 Å². The van der Waals surface area contributed by atoms with Crippen LogP contribution >= 0.6 is 11.3 Å². The second kappa shape index (κ2) is 7.61. The molecule has 0 radical (unpaired) electrons. The third-order valence-corrected chi connectivity index (χ3v) is 5.27. The van der Waals surface area contributed by atoms with Crippen molar-refractivity contribution in [2.75, 3.05) is 5.32 Å². The highest BCUT2D eigenvalue weighted by Gasteiger charge is 2.07. The maximum Gasteiger partial charge on any atom is 0.328 e. The highest BCUT2D eigenvalue weighted by Crippen LogP contribution is 2.30. The van der Waals surface area contributed by atoms with E-state index in [0.29, 0.717) is 5.69 Å². The molecule has 8 heteroatoms. The molecule has 0 aliphatic carbocycles. The molecule has 0 aliphatic heterocycles. The Morgan fingerprint density at radius 1 is 1.07 bits per heavy atom. The van der Waals surface area contributed by atoms with Crippen molar-refractivity contribution in [2.24, 2.45) is 0 Å². The second-order valence-corrected chi connectivity index (χ2v) is 7.20. The number of carbonyl (C=O) groups is 1. The monoisotopic (exact) mass is 392 g/mol. The van der Waals surface area contributed by atoms with E-state index in [4.69, 9.17) is 0 Å². The van der Waals surface area contributed by atoms with Crippen molar-refractivity contribution in [1.82, 2.24) is 14.5 Å². The van der Waals surface area contributed by atoms with Gasteiger partial charge in [-0.25, -0.2) is 9.78 Å². The predicted molar refractivity (Wildman–Crippen MR) is 110 cm³/mol. The van der Waals surface area contributed by atoms with Crippen molar-refractivity contribution in [2.45, 2.75) is 13.0 Å². The SMILES string of the molecule is O=C(CCn1ccc(=O)[nH]c1=O)Nc1ccc(-c2nc3ccccc3s2)cc1. The standard InChI is InChI=1S/C20H16N4O3S/c25-17(9-11-24-12-10-18(26)23-20(24)27)21-14-7-5-13(6-8-14)19-22-15-3-1-2-4-16(15)28-19/h1-8,10,12H,9,11H2,(H,21,25)(H,23,26,27). The van der Waals surface area contributed by atoms with Gasteiger partial charge in [-0.3, -0.25) is 14.6 Å². The van der Waals surface area contributed by atoms with E-state index in [1.165, 1.54) is 16.8 Å². The number of benzene rings is 2. The molecule has 28 heavy (non-hydrogen) atoms. The summed E-state index contributed by atoms with van der Waals surface area (Å²) in [6.07, 6.45) is 1.49. The molecule has 0 fully saturated rings. The average molecular weight is 392 g/mol. The number of para-hydroxylation sites is 1. The minimum Gasteiger partial charge on any atom is -0.326 e. The van der Waals surface area contributed by atoms with Crippen LogP contribution in [0.15, 0.2) is 70.4 Å². The summed E-state index contributed by atoms with van der Waals surface area (Å²) in [6.45, 7) is 0.186. The average Bonchev–Trinajstić information content (AvgIpc) is 3.12. The van der Waals surface area contributed by atoms with Gasteiger partial charge in [-0.2, -0.15) is 0 Å². The summed E-state index contributed by atoms with van der Waals surface area (Å²) in [4.78, 5) is 41.6. The highest BCUT2D eigenvalue weighted by atomic mass is 32.1. The van der Waals surface area contributed by atoms with E-state index in [9.17, 15) is 14.4 Å². The molecule has 4 rings (SSSR count). The number of fused-ring (bicyclic) bond motifs is 1. The van der Waals surface area contributed by atoms with Crippen molar-refractivity contribution in [3.63, 3.8) is 0 Å². The number of aromatic nitrogens is 3. The first-order valence-electron chi connectivity index (χ1n) is 8.64. The van der Waals surface area contributed by atoms with Gasteiger partial charge in [-0.1, -0.05) is 12.1 Å². The largest absolute Gasteiger partial charge is 0.328 e. The molecule has 0 spiro atoms. The zero-order valence-corrected chi connectivity index (χ0v) is 15.5. The number of hydrogen-bond acceptors (Lipinski definition) is 5. The zero-order chi connectivity index (χ0) is 19.5. The number of nitrogens with one attached hydrogen (secondary N) is 2. The summed E-state index contributed by atoms with van der Waals surface area (Å²) in [5.74, 6) is -0.217. The summed E-state index contributed by atoms with van der Waals surface area (Å²) in [5, 5.41) is 3.73. The van der Waals surface area contributed by atoms with E-state index in [2.05, 4.69) is 15.3 Å². The van der Waals surface area contributed by atoms with Crippen LogP contribution in [0.2, 0.25) is 0 Å². The van der Waals surface area contributed by atoms with Crippen LogP contribution in [-0.4, -0.2) is 20.4 Å². The Morgan fingerprint density at radius 3 is 2.61 bits per heavy atom. The number of rotatable bonds is 5. The van der Waals surface area contributed by atoms with E-state index in [1.54, 1.807) is 11.3 Å². The van der Waals surface area contributed by atoms with Gasteiger partial charge < -0.3 is 9.88 Å². The molecule has 0 saturated heterocycles. The maximum atomic E-state index is 12.1. The van der Waals surface area contributed by atoms with Crippen LogP contribution in [0.4, 0.5) is 5.69 Å². The molecule has 1 amide bonds. The van der Waals surface area contributed by atoms with Crippen molar-refractivity contribution >= 4 is 33.1 Å². The number of carbonyl (C=O) groups excluding carboxylic acids is 1. The molecule has 0 aliphatic rings. The Labute approximate surface area is 163 Å². The van der Waals surface area contributed by atoms with Crippen LogP contribution in [0, 0.1) is 0 Å². The molecule has 4 aromatic rings. The van der Waals surface area contributed by atoms with Crippen LogP contribution in [-0.2, 0) is 11.3 Å². The smallest absolute Gasteiger partial charge is 0.326 e. The van der Waals surface area contributed by atoms with Crippen LogP contribution < -0.4 is 16.6 Å². The van der Waals surface area contributed by atoms with Gasteiger partial charge in [-0.15, -0.1) is 11.3 Å². The van der Waals surface area contributed by atoms with E-state index in [1.807, 2.05) is 48.5 Å². The first-order valence-corrected chi connectivity index (χ1v) is 9.46. The number of aryl methyl sites for hydroxylation is 1. The Kier molecular flexibility index (Phi) is 4.86. The van der Waals surface area contributed by atoms with E-state index in [-0.39, 0.29) is 18.9 Å². The third-order valence-electron chi connectivity index (χ3n) is 4.19. The van der Waals surface area contributed by atoms with Gasteiger partial charge in [0.25, 0.3) is 5.56 Å². The van der Waals surface area contributed by atoms with Gasteiger partial charge in [0.2, 0.25) is 5.91 Å². The van der Waals surface area contributed by atoms with Gasteiger partial charge in [-0.05, 0) is 36.4 Å². The van der Waals surface area contributed by atoms with Crippen molar-refractivity contribution in [3.05, 3.63) is 81.6 Å². The van der Waals surface area contributed by atoms with Gasteiger partial charge in [0.1, 0.15) is 5.01 Å². The number of thiazole rings is 1. The van der Waals surface area contributed by atoms with Crippen molar-refractivity contribution in [3.8, 4) is 10.6 Å². The third kappa shape index (κ3) is 3.91. The molecule has 0 bridgehead atoms. The normalized spacial score (nSPS) is 10.9. The lowest BCUT2D eigenvalue weighted by molar-refractivity contribution is -0.116. The fraction of sp³-hybridized carbons (Fsp3) is 0.100. The topological polar surface area (TPSA) is 96.9 Å². The summed E-state index contributed by atoms with van der Waals surface area (Å²) >= 11 is 1.62. The number of H-pyrrole nitrogens is 1. The summed E-state index contributed by atoms with van der Waals surface area (Å²) < 4.78 is 2.42. The lowest BCUT2D eigenvalue weighted by atomic mass is 10.2. The summed E-state index contributed by atoms with van der Waals surface area (Å²) in [5.41, 5.74) is 1.64. The minimum atomic E-state index is -0.527. The van der Waals surface area contributed by atoms with Crippen LogP contribution in [0.5, 0.6) is 0 Å². The van der Waals surface area contributed by atoms with Gasteiger partial charge in [0.05, 0.1) is 10.2 Å². The van der Waals surface area contributed by atoms with Gasteiger partial charge in [0.15, 0.2) is 0 Å². The van der Waals surface area contributed by atoms with Gasteiger partial charge in [0, 0.05) is 36.5 Å². The second-order valence-electron chi connectivity index (χ2n) is 6.17. The molecule has 0 atom stereocenters. The first-order chi connectivity index (χ1) is 13.6. The maximum absolute atomic E-state index is 12.1. The molecular weight excluding hydrogens is 376 g/mol. The van der Waals surface area contributed by atoms with Gasteiger partial charge >= 0.3 is 5.69 Å². The fourth-order valence-corrected chi connectivity index (χ4v) is 3.73. The van der Waals surface area contributed by atoms with Crippen LogP contribution in [0.3, 0.4) is 0 Å². The number of nitrogens with zero attached hydrogens (tertiary/aromatic N) is 2. The number of amides is 1. The Bertz CT molecular complexity index is 1220. The molecule has 2 aromatic heterocycles. The molecule has 2 N–H and O–H groups in total. The summed E-state index contributed by atoms with van der Waals surface area (Å²) in [6, 6.07) is 16.7. The molecule has 7 nitrogen and oxygen atoms in total. The van der Waals surface area contributed by atoms with Crippen LogP contribution in [0.25, 0.3) is 20.8 Å². The quantitative estimate of drug-likeness (QED) is 0.546. The Hall–Kier alpha value is -3.52. The van der Waals surface area contributed by atoms with Crippen molar-refractivity contribution in [1.29, 1.82) is 0 Å². The Morgan fingerprint density at radius 2 is 1.86 bits per heavy atom. The van der Waals surface area contributed by atoms with E-state index < -0.39 is 11.2 Å². The molecular formula is C20H16N4O3S. The van der Waals surface area contributed by atoms with E-state index in [0.717, 1.165) is 20.8 Å². The number of aromatic amines is 1. The van der Waals surface area contributed by atoms with Crippen molar-refractivity contribution < 1.29 is 4.79 Å². The number of anilines is 1. The molecule has 2 heterocycles. The Balaban J connectivity index is 1.40. The molecule has 140 valence electrons. The first kappa shape index (κ1) is 17.9. The fourth-order valence-electron chi connectivity index (χ4n) is 2.76. The number of hydrogen-bond donors (Lipinski definition) is 2. The molecule has 0 unspecified atom stereocenters. The highest BCUT2D eigenvalue weighted by molar-refractivity contribution is 7.21.